The highest BCUT2D eigenvalue weighted by Gasteiger charge is 2.28. The van der Waals surface area contributed by atoms with Gasteiger partial charge in [0, 0.05) is 6.07 Å². The predicted octanol–water partition coefficient (Wildman–Crippen LogP) is 2.65. The maximum atomic E-state index is 13.6. The van der Waals surface area contributed by atoms with E-state index in [1.54, 1.807) is 6.92 Å². The fourth-order valence-corrected chi connectivity index (χ4v) is 1.85. The van der Waals surface area contributed by atoms with Gasteiger partial charge in [0.15, 0.2) is 11.6 Å². The number of nitrogens with two attached hydrogens (primary N) is 1. The van der Waals surface area contributed by atoms with Gasteiger partial charge in [-0.05, 0) is 31.9 Å². The quantitative estimate of drug-likeness (QED) is 0.821. The van der Waals surface area contributed by atoms with Crippen molar-refractivity contribution in [2.45, 2.75) is 45.9 Å². The van der Waals surface area contributed by atoms with Crippen LogP contribution >= 0.6 is 0 Å². The summed E-state index contributed by atoms with van der Waals surface area (Å²) in [7, 11) is 0. The standard InChI is InChI=1S/C15H21F2NO3/c1-8(2)14(10(4)20-15(19)9(3)18)21-13-7-11(16)5-6-12(13)17/h5-10,14H,18H2,1-4H3/t9-,10-,14+/m0/s1. The second kappa shape index (κ2) is 7.36. The summed E-state index contributed by atoms with van der Waals surface area (Å²) in [5, 5.41) is 0. The van der Waals surface area contributed by atoms with E-state index in [9.17, 15) is 13.6 Å². The number of hydrogen-bond donors (Lipinski definition) is 1. The molecule has 0 saturated carbocycles. The first-order valence-electron chi connectivity index (χ1n) is 6.80. The Hall–Kier alpha value is -1.69. The number of benzene rings is 1. The molecule has 0 fully saturated rings. The number of carbonyl (C=O) groups is 1. The first kappa shape index (κ1) is 17.4. The van der Waals surface area contributed by atoms with Gasteiger partial charge in [0.1, 0.15) is 24.1 Å². The SMILES string of the molecule is CC(C)[C@@H](Oc1cc(F)ccc1F)[C@H](C)OC(=O)[C@H](C)N. The summed E-state index contributed by atoms with van der Waals surface area (Å²) in [5.74, 6) is -2.14. The molecule has 1 aromatic rings. The smallest absolute Gasteiger partial charge is 0.323 e. The molecule has 0 radical (unpaired) electrons. The zero-order valence-corrected chi connectivity index (χ0v) is 12.6. The van der Waals surface area contributed by atoms with Crippen LogP contribution < -0.4 is 10.5 Å². The molecule has 0 aliphatic carbocycles. The largest absolute Gasteiger partial charge is 0.483 e. The lowest BCUT2D eigenvalue weighted by Gasteiger charge is -2.28. The fourth-order valence-electron chi connectivity index (χ4n) is 1.85. The Balaban J connectivity index is 2.87. The van der Waals surface area contributed by atoms with Crippen molar-refractivity contribution in [3.05, 3.63) is 29.8 Å². The van der Waals surface area contributed by atoms with Gasteiger partial charge in [0.25, 0.3) is 0 Å². The summed E-state index contributed by atoms with van der Waals surface area (Å²) >= 11 is 0. The molecular weight excluding hydrogens is 280 g/mol. The van der Waals surface area contributed by atoms with Crippen molar-refractivity contribution in [2.75, 3.05) is 0 Å². The molecule has 21 heavy (non-hydrogen) atoms. The first-order chi connectivity index (χ1) is 9.72. The number of rotatable bonds is 6. The highest BCUT2D eigenvalue weighted by atomic mass is 19.1. The van der Waals surface area contributed by atoms with Gasteiger partial charge in [0.05, 0.1) is 0 Å². The Morgan fingerprint density at radius 2 is 1.81 bits per heavy atom. The van der Waals surface area contributed by atoms with Crippen LogP contribution in [-0.2, 0) is 9.53 Å². The van der Waals surface area contributed by atoms with E-state index in [4.69, 9.17) is 15.2 Å². The molecule has 6 heteroatoms. The van der Waals surface area contributed by atoms with Crippen LogP contribution in [0.1, 0.15) is 27.7 Å². The minimum absolute atomic E-state index is 0.0800. The van der Waals surface area contributed by atoms with Crippen LogP contribution in [0.25, 0.3) is 0 Å². The molecule has 0 aromatic heterocycles. The summed E-state index contributed by atoms with van der Waals surface area (Å²) in [6, 6.07) is 2.20. The molecular formula is C15H21F2NO3. The maximum Gasteiger partial charge on any atom is 0.323 e. The van der Waals surface area contributed by atoms with Crippen LogP contribution in [0.15, 0.2) is 18.2 Å². The number of carbonyl (C=O) groups excluding carboxylic acids is 1. The summed E-state index contributed by atoms with van der Waals surface area (Å²) in [6.07, 6.45) is -1.27. The van der Waals surface area contributed by atoms with E-state index in [-0.39, 0.29) is 11.7 Å². The van der Waals surface area contributed by atoms with Crippen LogP contribution in [0.5, 0.6) is 5.75 Å². The molecule has 2 N–H and O–H groups in total. The lowest BCUT2D eigenvalue weighted by atomic mass is 10.0. The first-order valence-corrected chi connectivity index (χ1v) is 6.80. The lowest BCUT2D eigenvalue weighted by Crippen LogP contribution is -2.41. The summed E-state index contributed by atoms with van der Waals surface area (Å²) in [6.45, 7) is 6.80. The molecule has 0 saturated heterocycles. The van der Waals surface area contributed by atoms with E-state index >= 15 is 0 Å². The maximum absolute atomic E-state index is 13.6. The minimum atomic E-state index is -0.758. The van der Waals surface area contributed by atoms with Crippen LogP contribution in [0.4, 0.5) is 8.78 Å². The number of esters is 1. The topological polar surface area (TPSA) is 61.5 Å². The highest BCUT2D eigenvalue weighted by molar-refractivity contribution is 5.75. The van der Waals surface area contributed by atoms with Crippen molar-refractivity contribution < 1.29 is 23.0 Å². The number of halogens is 2. The predicted molar refractivity (Wildman–Crippen MR) is 74.8 cm³/mol. The van der Waals surface area contributed by atoms with Crippen molar-refractivity contribution in [3.8, 4) is 5.75 Å². The van der Waals surface area contributed by atoms with E-state index in [0.717, 1.165) is 18.2 Å². The van der Waals surface area contributed by atoms with Gasteiger partial charge >= 0.3 is 5.97 Å². The van der Waals surface area contributed by atoms with Gasteiger partial charge in [-0.2, -0.15) is 0 Å². The van der Waals surface area contributed by atoms with Crippen molar-refractivity contribution in [3.63, 3.8) is 0 Å². The molecule has 0 aliphatic rings. The van der Waals surface area contributed by atoms with E-state index in [0.29, 0.717) is 0 Å². The Kier molecular flexibility index (Phi) is 6.08. The monoisotopic (exact) mass is 301 g/mol. The van der Waals surface area contributed by atoms with Gasteiger partial charge in [-0.25, -0.2) is 8.78 Å². The van der Waals surface area contributed by atoms with Crippen LogP contribution in [-0.4, -0.2) is 24.2 Å². The highest BCUT2D eigenvalue weighted by Crippen LogP contribution is 2.24. The van der Waals surface area contributed by atoms with Gasteiger partial charge in [-0.3, -0.25) is 4.79 Å². The van der Waals surface area contributed by atoms with Gasteiger partial charge in [-0.1, -0.05) is 13.8 Å². The fraction of sp³-hybridized carbons (Fsp3) is 0.533. The van der Waals surface area contributed by atoms with Gasteiger partial charge < -0.3 is 15.2 Å². The Labute approximate surface area is 123 Å². The molecule has 118 valence electrons. The zero-order valence-electron chi connectivity index (χ0n) is 12.6. The number of hydrogen-bond acceptors (Lipinski definition) is 4. The van der Waals surface area contributed by atoms with E-state index in [2.05, 4.69) is 0 Å². The molecule has 0 bridgehead atoms. The van der Waals surface area contributed by atoms with Gasteiger partial charge in [-0.15, -0.1) is 0 Å². The molecule has 0 heterocycles. The molecule has 0 aliphatic heterocycles. The van der Waals surface area contributed by atoms with Crippen molar-refractivity contribution in [1.82, 2.24) is 0 Å². The molecule has 3 atom stereocenters. The molecule has 4 nitrogen and oxygen atoms in total. The van der Waals surface area contributed by atoms with Crippen molar-refractivity contribution in [1.29, 1.82) is 0 Å². The third-order valence-electron chi connectivity index (χ3n) is 2.95. The average molecular weight is 301 g/mol. The normalized spacial score (nSPS) is 15.4. The van der Waals surface area contributed by atoms with Gasteiger partial charge in [0.2, 0.25) is 0 Å². The summed E-state index contributed by atoms with van der Waals surface area (Å²) < 4.78 is 37.5. The second-order valence-electron chi connectivity index (χ2n) is 5.33. The zero-order chi connectivity index (χ0) is 16.2. The molecule has 0 spiro atoms. The Morgan fingerprint density at radius 1 is 1.19 bits per heavy atom. The third-order valence-corrected chi connectivity index (χ3v) is 2.95. The molecule has 1 aromatic carbocycles. The molecule has 1 rings (SSSR count). The van der Waals surface area contributed by atoms with E-state index in [1.165, 1.54) is 6.92 Å². The molecule has 0 amide bonds. The van der Waals surface area contributed by atoms with Crippen molar-refractivity contribution in [2.24, 2.45) is 11.7 Å². The summed E-state index contributed by atoms with van der Waals surface area (Å²) in [5.41, 5.74) is 5.43. The van der Waals surface area contributed by atoms with Crippen LogP contribution in [0.2, 0.25) is 0 Å². The Bertz CT molecular complexity index is 492. The van der Waals surface area contributed by atoms with Crippen LogP contribution in [0.3, 0.4) is 0 Å². The second-order valence-corrected chi connectivity index (χ2v) is 5.33. The van der Waals surface area contributed by atoms with E-state index in [1.807, 2.05) is 13.8 Å². The number of ether oxygens (including phenoxy) is 2. The molecule has 0 unspecified atom stereocenters. The Morgan fingerprint density at radius 3 is 2.33 bits per heavy atom. The van der Waals surface area contributed by atoms with E-state index < -0.39 is 35.9 Å². The van der Waals surface area contributed by atoms with Crippen molar-refractivity contribution >= 4 is 5.97 Å². The third kappa shape index (κ3) is 4.97. The van der Waals surface area contributed by atoms with Crippen LogP contribution in [0, 0.1) is 17.6 Å². The summed E-state index contributed by atoms with van der Waals surface area (Å²) in [4.78, 5) is 11.5. The lowest BCUT2D eigenvalue weighted by molar-refractivity contribution is -0.155. The average Bonchev–Trinajstić information content (AvgIpc) is 2.38. The minimum Gasteiger partial charge on any atom is -0.483 e.